The van der Waals surface area contributed by atoms with E-state index in [4.69, 9.17) is 4.74 Å². The molecule has 2 aromatic rings. The summed E-state index contributed by atoms with van der Waals surface area (Å²) in [6, 6.07) is 10.6. The van der Waals surface area contributed by atoms with Gasteiger partial charge in [0.25, 0.3) is 0 Å². The molecule has 0 saturated carbocycles. The van der Waals surface area contributed by atoms with Crippen LogP contribution in [-0.4, -0.2) is 24.4 Å². The average Bonchev–Trinajstić information content (AvgIpc) is 3.15. The minimum absolute atomic E-state index is 0.357. The van der Waals surface area contributed by atoms with E-state index in [1.165, 1.54) is 35.3 Å². The number of rotatable bonds is 7. The predicted octanol–water partition coefficient (Wildman–Crippen LogP) is 3.23. The number of ether oxygens (including phenoxy) is 1. The van der Waals surface area contributed by atoms with Gasteiger partial charge in [-0.15, -0.1) is 11.3 Å². The van der Waals surface area contributed by atoms with Gasteiger partial charge < -0.3 is 15.2 Å². The third-order valence-corrected chi connectivity index (χ3v) is 4.62. The van der Waals surface area contributed by atoms with Crippen molar-refractivity contribution < 1.29 is 9.84 Å². The molecule has 0 amide bonds. The number of nitrogens with one attached hydrogen (secondary N) is 1. The van der Waals surface area contributed by atoms with E-state index in [-0.39, 0.29) is 0 Å². The molecule has 3 nitrogen and oxygen atoms in total. The number of fused-ring (bicyclic) bond motifs is 1. The number of anilines is 1. The van der Waals surface area contributed by atoms with Crippen molar-refractivity contribution in [3.8, 4) is 0 Å². The second-order valence-corrected chi connectivity index (χ2v) is 6.50. The highest BCUT2D eigenvalue weighted by molar-refractivity contribution is 7.09. The van der Waals surface area contributed by atoms with Gasteiger partial charge in [-0.2, -0.15) is 0 Å². The Kier molecular flexibility index (Phi) is 4.91. The second-order valence-electron chi connectivity index (χ2n) is 5.47. The van der Waals surface area contributed by atoms with Gasteiger partial charge in [0.05, 0.1) is 19.3 Å². The Morgan fingerprint density at radius 3 is 3.00 bits per heavy atom. The molecule has 1 unspecified atom stereocenters. The number of hydrogen-bond acceptors (Lipinski definition) is 4. The molecule has 2 N–H and O–H groups in total. The van der Waals surface area contributed by atoms with Crippen LogP contribution in [0.2, 0.25) is 0 Å². The van der Waals surface area contributed by atoms with E-state index in [9.17, 15) is 5.11 Å². The number of aliphatic hydroxyl groups excluding tert-OH is 1. The fraction of sp³-hybridized carbons (Fsp3) is 0.412. The van der Waals surface area contributed by atoms with Crippen molar-refractivity contribution in [3.63, 3.8) is 0 Å². The summed E-state index contributed by atoms with van der Waals surface area (Å²) in [5.41, 5.74) is 4.01. The molecule has 3 rings (SSSR count). The summed E-state index contributed by atoms with van der Waals surface area (Å²) < 4.78 is 5.52. The fourth-order valence-corrected chi connectivity index (χ4v) is 3.31. The predicted molar refractivity (Wildman–Crippen MR) is 86.9 cm³/mol. The maximum atomic E-state index is 9.95. The van der Waals surface area contributed by atoms with Crippen molar-refractivity contribution in [2.75, 3.05) is 18.5 Å². The van der Waals surface area contributed by atoms with Crippen molar-refractivity contribution in [2.45, 2.75) is 32.0 Å². The second kappa shape index (κ2) is 7.07. The molecule has 1 atom stereocenters. The first-order valence-electron chi connectivity index (χ1n) is 7.45. The minimum atomic E-state index is -0.488. The smallest absolute Gasteiger partial charge is 0.0945 e. The van der Waals surface area contributed by atoms with E-state index >= 15 is 0 Å². The number of hydrogen-bond donors (Lipinski definition) is 2. The summed E-state index contributed by atoms with van der Waals surface area (Å²) in [4.78, 5) is 1.19. The van der Waals surface area contributed by atoms with E-state index in [2.05, 4.69) is 23.5 Å². The minimum Gasteiger partial charge on any atom is -0.389 e. The molecule has 0 radical (unpaired) electrons. The highest BCUT2D eigenvalue weighted by atomic mass is 32.1. The summed E-state index contributed by atoms with van der Waals surface area (Å²) in [5.74, 6) is 0. The summed E-state index contributed by atoms with van der Waals surface area (Å²) in [6.07, 6.45) is 3.16. The molecular weight excluding hydrogens is 282 g/mol. The first-order chi connectivity index (χ1) is 10.3. The third-order valence-electron chi connectivity index (χ3n) is 3.77. The largest absolute Gasteiger partial charge is 0.389 e. The van der Waals surface area contributed by atoms with Crippen LogP contribution in [0.25, 0.3) is 0 Å². The Morgan fingerprint density at radius 2 is 2.14 bits per heavy atom. The lowest BCUT2D eigenvalue weighted by Crippen LogP contribution is -2.24. The van der Waals surface area contributed by atoms with Gasteiger partial charge in [-0.3, -0.25) is 0 Å². The van der Waals surface area contributed by atoms with Crippen molar-refractivity contribution in [3.05, 3.63) is 51.7 Å². The average molecular weight is 303 g/mol. The number of benzene rings is 1. The zero-order chi connectivity index (χ0) is 14.5. The van der Waals surface area contributed by atoms with Gasteiger partial charge in [-0.05, 0) is 54.0 Å². The normalized spacial score (nSPS) is 14.9. The lowest BCUT2D eigenvalue weighted by molar-refractivity contribution is 0.0359. The van der Waals surface area contributed by atoms with Crippen LogP contribution in [0, 0.1) is 0 Å². The van der Waals surface area contributed by atoms with Crippen molar-refractivity contribution >= 4 is 17.0 Å². The van der Waals surface area contributed by atoms with Crippen LogP contribution in [-0.2, 0) is 24.2 Å². The van der Waals surface area contributed by atoms with Gasteiger partial charge in [0.2, 0.25) is 0 Å². The van der Waals surface area contributed by atoms with Crippen molar-refractivity contribution in [1.82, 2.24) is 0 Å². The van der Waals surface area contributed by atoms with Crippen LogP contribution in [0.1, 0.15) is 22.4 Å². The van der Waals surface area contributed by atoms with Crippen LogP contribution < -0.4 is 5.32 Å². The number of aryl methyl sites for hydroxylation is 2. The van der Waals surface area contributed by atoms with E-state index in [0.717, 1.165) is 5.69 Å². The van der Waals surface area contributed by atoms with Crippen LogP contribution in [0.15, 0.2) is 35.7 Å². The first-order valence-corrected chi connectivity index (χ1v) is 8.33. The third kappa shape index (κ3) is 4.06. The Bertz CT molecular complexity index is 568. The molecule has 1 aliphatic carbocycles. The lowest BCUT2D eigenvalue weighted by atomic mass is 10.1. The van der Waals surface area contributed by atoms with Crippen LogP contribution in [0.3, 0.4) is 0 Å². The van der Waals surface area contributed by atoms with Crippen molar-refractivity contribution in [2.24, 2.45) is 0 Å². The topological polar surface area (TPSA) is 41.5 Å². The molecule has 0 fully saturated rings. The standard InChI is InChI=1S/C17H21NO2S/c19-16(11-20-12-17-5-2-8-21-17)10-18-15-7-6-13-3-1-4-14(13)9-15/h2,5-9,16,18-19H,1,3-4,10-12H2. The molecule has 1 aromatic carbocycles. The maximum absolute atomic E-state index is 9.95. The fourth-order valence-electron chi connectivity index (χ4n) is 2.67. The zero-order valence-electron chi connectivity index (χ0n) is 12.0. The SMILES string of the molecule is OC(CNc1ccc2c(c1)CCC2)COCc1cccs1. The summed E-state index contributed by atoms with van der Waals surface area (Å²) in [5, 5.41) is 15.3. The van der Waals surface area contributed by atoms with Crippen molar-refractivity contribution in [1.29, 1.82) is 0 Å². The highest BCUT2D eigenvalue weighted by Gasteiger charge is 2.11. The summed E-state index contributed by atoms with van der Waals surface area (Å²) in [7, 11) is 0. The lowest BCUT2D eigenvalue weighted by Gasteiger charge is -2.14. The monoisotopic (exact) mass is 303 g/mol. The molecule has 1 heterocycles. The summed E-state index contributed by atoms with van der Waals surface area (Å²) >= 11 is 1.67. The molecule has 21 heavy (non-hydrogen) atoms. The molecule has 0 aliphatic heterocycles. The maximum Gasteiger partial charge on any atom is 0.0945 e. The van der Waals surface area contributed by atoms with Gasteiger partial charge >= 0.3 is 0 Å². The molecule has 0 bridgehead atoms. The van der Waals surface area contributed by atoms with Gasteiger partial charge in [-0.25, -0.2) is 0 Å². The summed E-state index contributed by atoms with van der Waals surface area (Å²) in [6.45, 7) is 1.45. The number of aliphatic hydroxyl groups is 1. The Balaban J connectivity index is 1.40. The van der Waals surface area contributed by atoms with E-state index < -0.39 is 6.10 Å². The highest BCUT2D eigenvalue weighted by Crippen LogP contribution is 2.24. The van der Waals surface area contributed by atoms with E-state index in [0.29, 0.717) is 19.8 Å². The first kappa shape index (κ1) is 14.6. The van der Waals surface area contributed by atoms with Crippen LogP contribution in [0.5, 0.6) is 0 Å². The Labute approximate surface area is 129 Å². The Hall–Kier alpha value is -1.36. The molecule has 112 valence electrons. The van der Waals surface area contributed by atoms with Crippen LogP contribution >= 0.6 is 11.3 Å². The molecule has 0 spiro atoms. The molecule has 0 saturated heterocycles. The Morgan fingerprint density at radius 1 is 1.24 bits per heavy atom. The van der Waals surface area contributed by atoms with E-state index in [1.807, 2.05) is 17.5 Å². The van der Waals surface area contributed by atoms with Crippen LogP contribution in [0.4, 0.5) is 5.69 Å². The molecule has 1 aromatic heterocycles. The molecule has 4 heteroatoms. The quantitative estimate of drug-likeness (QED) is 0.825. The van der Waals surface area contributed by atoms with Gasteiger partial charge in [0, 0.05) is 17.1 Å². The number of thiophene rings is 1. The molecular formula is C17H21NO2S. The van der Waals surface area contributed by atoms with Gasteiger partial charge in [0.1, 0.15) is 0 Å². The van der Waals surface area contributed by atoms with Gasteiger partial charge in [-0.1, -0.05) is 12.1 Å². The van der Waals surface area contributed by atoms with E-state index in [1.54, 1.807) is 11.3 Å². The zero-order valence-corrected chi connectivity index (χ0v) is 12.9. The van der Waals surface area contributed by atoms with Gasteiger partial charge in [0.15, 0.2) is 0 Å². The molecule has 1 aliphatic rings.